The van der Waals surface area contributed by atoms with E-state index in [2.05, 4.69) is 37.9 Å². The van der Waals surface area contributed by atoms with E-state index in [1.165, 1.54) is 0 Å². The minimum Gasteiger partial charge on any atom is -0.497 e. The second-order valence-electron chi connectivity index (χ2n) is 7.69. The highest BCUT2D eigenvalue weighted by atomic mass is 16.5. The third-order valence-electron chi connectivity index (χ3n) is 5.73. The Morgan fingerprint density at radius 2 is 2.06 bits per heavy atom. The number of anilines is 1. The maximum Gasteiger partial charge on any atom is 0.216 e. The Hall–Kier alpha value is -3.78. The molecule has 0 radical (unpaired) electrons. The largest absolute Gasteiger partial charge is 0.497 e. The van der Waals surface area contributed by atoms with Gasteiger partial charge in [0.1, 0.15) is 17.7 Å². The molecule has 8 heteroatoms. The zero-order valence-corrected chi connectivity index (χ0v) is 17.1. The van der Waals surface area contributed by atoms with Crippen molar-refractivity contribution in [2.24, 2.45) is 4.99 Å². The van der Waals surface area contributed by atoms with Gasteiger partial charge in [0.05, 0.1) is 44.3 Å². The van der Waals surface area contributed by atoms with Gasteiger partial charge in [0, 0.05) is 0 Å². The fourth-order valence-corrected chi connectivity index (χ4v) is 4.28. The monoisotopic (exact) mass is 414 g/mol. The number of guanidine groups is 1. The lowest BCUT2D eigenvalue weighted by molar-refractivity contribution is 0.243. The van der Waals surface area contributed by atoms with Crippen LogP contribution in [0.2, 0.25) is 0 Å². The molecule has 0 saturated carbocycles. The number of hydrogen-bond acceptors (Lipinski definition) is 7. The summed E-state index contributed by atoms with van der Waals surface area (Å²) < 4.78 is 13.2. The quantitative estimate of drug-likeness (QED) is 0.552. The minimum absolute atomic E-state index is 0.135. The Morgan fingerprint density at radius 1 is 1.13 bits per heavy atom. The van der Waals surface area contributed by atoms with Crippen molar-refractivity contribution in [3.63, 3.8) is 0 Å². The number of imidazole rings is 1. The highest BCUT2D eigenvalue weighted by Crippen LogP contribution is 2.34. The number of ether oxygens (including phenoxy) is 1. The molecule has 1 atom stereocenters. The van der Waals surface area contributed by atoms with Crippen molar-refractivity contribution >= 4 is 22.9 Å². The molecule has 2 aromatic carbocycles. The molecule has 0 bridgehead atoms. The van der Waals surface area contributed by atoms with Crippen LogP contribution in [0.4, 0.5) is 5.95 Å². The first-order valence-corrected chi connectivity index (χ1v) is 10.2. The molecule has 0 aliphatic carbocycles. The number of rotatable bonds is 4. The Labute approximate surface area is 179 Å². The van der Waals surface area contributed by atoms with E-state index in [-0.39, 0.29) is 6.17 Å². The van der Waals surface area contributed by atoms with Crippen LogP contribution < -0.4 is 15.0 Å². The first-order valence-electron chi connectivity index (χ1n) is 10.2. The molecule has 1 N–H and O–H groups in total. The molecule has 2 aromatic heterocycles. The summed E-state index contributed by atoms with van der Waals surface area (Å²) in [5, 5.41) is 3.63. The summed E-state index contributed by atoms with van der Waals surface area (Å²) in [6, 6.07) is 20.2. The minimum atomic E-state index is -0.135. The highest BCUT2D eigenvalue weighted by Gasteiger charge is 2.36. The normalized spacial score (nSPS) is 18.3. The second kappa shape index (κ2) is 7.17. The average Bonchev–Trinajstić information content (AvgIpc) is 3.46. The zero-order chi connectivity index (χ0) is 20.8. The van der Waals surface area contributed by atoms with Gasteiger partial charge in [-0.05, 0) is 42.0 Å². The molecule has 2 aliphatic heterocycles. The lowest BCUT2D eigenvalue weighted by atomic mass is 10.1. The lowest BCUT2D eigenvalue weighted by Crippen LogP contribution is -2.57. The predicted octanol–water partition coefficient (Wildman–Crippen LogP) is 3.38. The fourth-order valence-electron chi connectivity index (χ4n) is 4.28. The van der Waals surface area contributed by atoms with Crippen molar-refractivity contribution in [1.82, 2.24) is 19.8 Å². The van der Waals surface area contributed by atoms with Gasteiger partial charge in [-0.15, -0.1) is 0 Å². The van der Waals surface area contributed by atoms with Crippen LogP contribution >= 0.6 is 0 Å². The van der Waals surface area contributed by atoms with E-state index in [1.54, 1.807) is 13.4 Å². The van der Waals surface area contributed by atoms with E-state index in [1.807, 2.05) is 42.5 Å². The van der Waals surface area contributed by atoms with Gasteiger partial charge in [-0.3, -0.25) is 14.4 Å². The molecule has 0 spiro atoms. The van der Waals surface area contributed by atoms with E-state index in [4.69, 9.17) is 19.1 Å². The van der Waals surface area contributed by atoms with Crippen molar-refractivity contribution in [3.8, 4) is 5.75 Å². The van der Waals surface area contributed by atoms with Gasteiger partial charge in [0.25, 0.3) is 0 Å². The Morgan fingerprint density at radius 3 is 2.94 bits per heavy atom. The van der Waals surface area contributed by atoms with Crippen molar-refractivity contribution in [1.29, 1.82) is 0 Å². The summed E-state index contributed by atoms with van der Waals surface area (Å²) in [6.45, 7) is 1.95. The number of aromatic nitrogens is 2. The summed E-state index contributed by atoms with van der Waals surface area (Å²) in [4.78, 5) is 14.2. The molecule has 0 saturated heterocycles. The number of nitrogens with one attached hydrogen (secondary N) is 1. The van der Waals surface area contributed by atoms with Gasteiger partial charge in [0.15, 0.2) is 0 Å². The van der Waals surface area contributed by atoms with Gasteiger partial charge in [-0.2, -0.15) is 0 Å². The van der Waals surface area contributed by atoms with E-state index in [0.717, 1.165) is 40.0 Å². The van der Waals surface area contributed by atoms with Crippen LogP contribution in [0.5, 0.6) is 5.75 Å². The Balaban J connectivity index is 1.44. The molecule has 2 aliphatic rings. The SMILES string of the molecule is COc1cccc([C@@H]2NC3=NCN(Cc4ccco4)CN3c3nc4ccccc4n32)c1. The summed E-state index contributed by atoms with van der Waals surface area (Å²) in [7, 11) is 1.69. The third kappa shape index (κ3) is 3.03. The topological polar surface area (TPSA) is 71.1 Å². The average molecular weight is 414 g/mol. The lowest BCUT2D eigenvalue weighted by Gasteiger charge is -2.41. The van der Waals surface area contributed by atoms with Crippen LogP contribution in [0.1, 0.15) is 17.5 Å². The molecule has 156 valence electrons. The smallest absolute Gasteiger partial charge is 0.216 e. The van der Waals surface area contributed by atoms with Crippen molar-refractivity contribution in [3.05, 3.63) is 78.3 Å². The van der Waals surface area contributed by atoms with Crippen LogP contribution in [0, 0.1) is 0 Å². The van der Waals surface area contributed by atoms with E-state index in [0.29, 0.717) is 19.9 Å². The van der Waals surface area contributed by atoms with Gasteiger partial charge in [-0.25, -0.2) is 9.98 Å². The molecular weight excluding hydrogens is 392 g/mol. The molecule has 0 unspecified atom stereocenters. The number of para-hydroxylation sites is 2. The molecule has 0 amide bonds. The molecule has 8 nitrogen and oxygen atoms in total. The summed E-state index contributed by atoms with van der Waals surface area (Å²) in [5.74, 6) is 3.44. The highest BCUT2D eigenvalue weighted by molar-refractivity contribution is 5.98. The summed E-state index contributed by atoms with van der Waals surface area (Å²) in [5.41, 5.74) is 3.11. The number of hydrogen-bond donors (Lipinski definition) is 1. The van der Waals surface area contributed by atoms with Gasteiger partial charge in [0.2, 0.25) is 11.9 Å². The first-order chi connectivity index (χ1) is 15.3. The molecular formula is C23H22N6O2. The maximum atomic E-state index is 5.53. The molecule has 4 heterocycles. The number of fused-ring (bicyclic) bond motifs is 5. The molecule has 31 heavy (non-hydrogen) atoms. The Bertz CT molecular complexity index is 1260. The van der Waals surface area contributed by atoms with Gasteiger partial charge in [-0.1, -0.05) is 24.3 Å². The maximum absolute atomic E-state index is 5.53. The third-order valence-corrected chi connectivity index (χ3v) is 5.73. The number of aliphatic imine (C=N–C) groups is 1. The predicted molar refractivity (Wildman–Crippen MR) is 118 cm³/mol. The molecule has 6 rings (SSSR count). The number of furan rings is 1. The van der Waals surface area contributed by atoms with Crippen LogP contribution in [0.3, 0.4) is 0 Å². The second-order valence-corrected chi connectivity index (χ2v) is 7.69. The zero-order valence-electron chi connectivity index (χ0n) is 17.1. The number of benzene rings is 2. The van der Waals surface area contributed by atoms with Crippen molar-refractivity contribution in [2.45, 2.75) is 12.7 Å². The Kier molecular flexibility index (Phi) is 4.17. The van der Waals surface area contributed by atoms with E-state index >= 15 is 0 Å². The van der Waals surface area contributed by atoms with Crippen LogP contribution in [-0.4, -0.2) is 40.9 Å². The van der Waals surface area contributed by atoms with Crippen LogP contribution in [0.25, 0.3) is 11.0 Å². The number of nitrogens with zero attached hydrogens (tertiary/aromatic N) is 5. The number of methoxy groups -OCH3 is 1. The van der Waals surface area contributed by atoms with Gasteiger partial charge >= 0.3 is 0 Å². The van der Waals surface area contributed by atoms with Crippen LogP contribution in [0.15, 0.2) is 76.3 Å². The van der Waals surface area contributed by atoms with Crippen molar-refractivity contribution < 1.29 is 9.15 Å². The van der Waals surface area contributed by atoms with Crippen LogP contribution in [-0.2, 0) is 6.54 Å². The van der Waals surface area contributed by atoms with Gasteiger partial charge < -0.3 is 14.5 Å². The fraction of sp³-hybridized carbons (Fsp3) is 0.217. The standard InChI is InChI=1S/C23H22N6O2/c1-30-17-7-4-6-16(12-17)21-26-22-24-14-27(13-18-8-5-11-31-18)15-28(22)23-25-19-9-2-3-10-20(19)29(21)23/h2-12,21H,13-15H2,1H3,(H,24,26)/t21-/m1/s1. The summed E-state index contributed by atoms with van der Waals surface area (Å²) >= 11 is 0. The van der Waals surface area contributed by atoms with E-state index in [9.17, 15) is 0 Å². The first kappa shape index (κ1) is 18.0. The summed E-state index contributed by atoms with van der Waals surface area (Å²) in [6.07, 6.45) is 1.57. The molecule has 0 fully saturated rings. The van der Waals surface area contributed by atoms with E-state index < -0.39 is 0 Å². The molecule has 4 aromatic rings. The van der Waals surface area contributed by atoms with Crippen molar-refractivity contribution in [2.75, 3.05) is 25.3 Å².